The van der Waals surface area contributed by atoms with Crippen molar-refractivity contribution in [3.05, 3.63) is 51.2 Å². The maximum Gasteiger partial charge on any atom is 0.263 e. The topological polar surface area (TPSA) is 59.1 Å². The van der Waals surface area contributed by atoms with E-state index in [0.717, 1.165) is 5.56 Å². The molecular formula is C12H10Br2N2O2S. The first kappa shape index (κ1) is 14.5. The standard InChI is InChI=1S/C12H10Br2N2O2S/c1-8-4-5-15-7-11(8)16-19(17,18)12-6-9(13)2-3-10(12)14/h2-7,16H,1H3. The lowest BCUT2D eigenvalue weighted by atomic mass is 10.3. The monoisotopic (exact) mass is 404 g/mol. The highest BCUT2D eigenvalue weighted by molar-refractivity contribution is 9.11. The van der Waals surface area contributed by atoms with E-state index in [1.165, 1.54) is 12.3 Å². The molecule has 0 aliphatic carbocycles. The predicted molar refractivity (Wildman–Crippen MR) is 81.6 cm³/mol. The van der Waals surface area contributed by atoms with Gasteiger partial charge in [0.25, 0.3) is 10.0 Å². The fourth-order valence-corrected chi connectivity index (χ4v) is 4.07. The molecule has 0 unspecified atom stereocenters. The Bertz CT molecular complexity index is 717. The molecule has 0 spiro atoms. The van der Waals surface area contributed by atoms with Gasteiger partial charge in [0.05, 0.1) is 11.9 Å². The quantitative estimate of drug-likeness (QED) is 0.846. The van der Waals surface area contributed by atoms with Crippen molar-refractivity contribution in [3.8, 4) is 0 Å². The van der Waals surface area contributed by atoms with E-state index in [-0.39, 0.29) is 4.90 Å². The van der Waals surface area contributed by atoms with E-state index >= 15 is 0 Å². The number of anilines is 1. The van der Waals surface area contributed by atoms with Gasteiger partial charge in [-0.2, -0.15) is 0 Å². The molecule has 0 atom stereocenters. The van der Waals surface area contributed by atoms with Crippen LogP contribution in [-0.2, 0) is 10.0 Å². The van der Waals surface area contributed by atoms with Crippen LogP contribution in [0.5, 0.6) is 0 Å². The van der Waals surface area contributed by atoms with Crippen LogP contribution in [-0.4, -0.2) is 13.4 Å². The average molecular weight is 406 g/mol. The molecule has 4 nitrogen and oxygen atoms in total. The smallest absolute Gasteiger partial charge is 0.263 e. The number of pyridine rings is 1. The zero-order valence-electron chi connectivity index (χ0n) is 9.89. The van der Waals surface area contributed by atoms with E-state index in [1.54, 1.807) is 24.4 Å². The molecule has 0 amide bonds. The van der Waals surface area contributed by atoms with Crippen molar-refractivity contribution in [2.45, 2.75) is 11.8 Å². The largest absolute Gasteiger partial charge is 0.278 e. The minimum atomic E-state index is -3.66. The summed E-state index contributed by atoms with van der Waals surface area (Å²) in [5, 5.41) is 0. The number of halogens is 2. The molecule has 19 heavy (non-hydrogen) atoms. The third kappa shape index (κ3) is 3.34. The van der Waals surface area contributed by atoms with Gasteiger partial charge in [0.1, 0.15) is 4.90 Å². The van der Waals surface area contributed by atoms with Crippen LogP contribution in [0.1, 0.15) is 5.56 Å². The first-order chi connectivity index (χ1) is 8.90. The summed E-state index contributed by atoms with van der Waals surface area (Å²) in [6, 6.07) is 6.72. The fourth-order valence-electron chi connectivity index (χ4n) is 1.45. The lowest BCUT2D eigenvalue weighted by Crippen LogP contribution is -2.14. The fraction of sp³-hybridized carbons (Fsp3) is 0.0833. The van der Waals surface area contributed by atoms with E-state index in [1.807, 2.05) is 6.92 Å². The van der Waals surface area contributed by atoms with Gasteiger partial charge in [-0.05, 0) is 52.7 Å². The van der Waals surface area contributed by atoms with E-state index in [2.05, 4.69) is 41.6 Å². The molecular weight excluding hydrogens is 396 g/mol. The van der Waals surface area contributed by atoms with Gasteiger partial charge in [-0.3, -0.25) is 9.71 Å². The second-order valence-corrected chi connectivity index (χ2v) is 7.29. The molecule has 0 saturated carbocycles. The highest BCUT2D eigenvalue weighted by atomic mass is 79.9. The third-order valence-electron chi connectivity index (χ3n) is 2.47. The number of nitrogens with one attached hydrogen (secondary N) is 1. The van der Waals surface area contributed by atoms with Crippen molar-refractivity contribution >= 4 is 47.6 Å². The van der Waals surface area contributed by atoms with Crippen LogP contribution in [0.3, 0.4) is 0 Å². The number of aromatic nitrogens is 1. The number of hydrogen-bond donors (Lipinski definition) is 1. The van der Waals surface area contributed by atoms with Gasteiger partial charge < -0.3 is 0 Å². The molecule has 2 aromatic rings. The Morgan fingerprint density at radius 2 is 1.95 bits per heavy atom. The summed E-state index contributed by atoms with van der Waals surface area (Å²) in [5.74, 6) is 0. The number of nitrogens with zero attached hydrogens (tertiary/aromatic N) is 1. The third-order valence-corrected chi connectivity index (χ3v) is 5.32. The van der Waals surface area contributed by atoms with E-state index < -0.39 is 10.0 Å². The first-order valence-electron chi connectivity index (χ1n) is 5.28. The molecule has 0 saturated heterocycles. The summed E-state index contributed by atoms with van der Waals surface area (Å²) in [6.07, 6.45) is 3.10. The molecule has 1 N–H and O–H groups in total. The van der Waals surface area contributed by atoms with Crippen molar-refractivity contribution < 1.29 is 8.42 Å². The molecule has 0 aliphatic rings. The van der Waals surface area contributed by atoms with Crippen LogP contribution in [0.2, 0.25) is 0 Å². The summed E-state index contributed by atoms with van der Waals surface area (Å²) in [7, 11) is -3.66. The SMILES string of the molecule is Cc1ccncc1NS(=O)(=O)c1cc(Br)ccc1Br. The van der Waals surface area contributed by atoms with Gasteiger partial charge in [0, 0.05) is 15.1 Å². The molecule has 0 fully saturated rings. The Balaban J connectivity index is 2.44. The van der Waals surface area contributed by atoms with Crippen LogP contribution in [0, 0.1) is 6.92 Å². The van der Waals surface area contributed by atoms with Crippen LogP contribution in [0.25, 0.3) is 0 Å². The number of hydrogen-bond acceptors (Lipinski definition) is 3. The lowest BCUT2D eigenvalue weighted by Gasteiger charge is -2.11. The molecule has 100 valence electrons. The summed E-state index contributed by atoms with van der Waals surface area (Å²) in [4.78, 5) is 4.09. The Morgan fingerprint density at radius 3 is 2.63 bits per heavy atom. The number of sulfonamides is 1. The molecule has 0 bridgehead atoms. The highest BCUT2D eigenvalue weighted by Gasteiger charge is 2.19. The van der Waals surface area contributed by atoms with Gasteiger partial charge in [-0.1, -0.05) is 15.9 Å². The minimum Gasteiger partial charge on any atom is -0.278 e. The summed E-state index contributed by atoms with van der Waals surface area (Å²) in [5.41, 5.74) is 1.28. The van der Waals surface area contributed by atoms with Crippen LogP contribution < -0.4 is 4.72 Å². The van der Waals surface area contributed by atoms with Crippen LogP contribution in [0.15, 0.2) is 50.5 Å². The number of rotatable bonds is 3. The Kier molecular flexibility index (Phi) is 4.27. The van der Waals surface area contributed by atoms with E-state index in [9.17, 15) is 8.42 Å². The molecule has 2 rings (SSSR count). The Morgan fingerprint density at radius 1 is 1.21 bits per heavy atom. The second-order valence-electron chi connectivity index (χ2n) is 3.87. The van der Waals surface area contributed by atoms with E-state index in [0.29, 0.717) is 14.6 Å². The number of aryl methyl sites for hydroxylation is 1. The second kappa shape index (κ2) is 5.60. The Hall–Kier alpha value is -0.920. The maximum absolute atomic E-state index is 12.3. The van der Waals surface area contributed by atoms with Crippen molar-refractivity contribution in [1.82, 2.24) is 4.98 Å². The predicted octanol–water partition coefficient (Wildman–Crippen LogP) is 3.72. The van der Waals surface area contributed by atoms with Crippen molar-refractivity contribution in [2.24, 2.45) is 0 Å². The lowest BCUT2D eigenvalue weighted by molar-refractivity contribution is 0.600. The van der Waals surface area contributed by atoms with Crippen molar-refractivity contribution in [3.63, 3.8) is 0 Å². The van der Waals surface area contributed by atoms with E-state index in [4.69, 9.17) is 0 Å². The zero-order valence-corrected chi connectivity index (χ0v) is 13.9. The summed E-state index contributed by atoms with van der Waals surface area (Å²) in [6.45, 7) is 1.81. The molecule has 1 heterocycles. The maximum atomic E-state index is 12.3. The zero-order chi connectivity index (χ0) is 14.0. The summed E-state index contributed by atoms with van der Waals surface area (Å²) >= 11 is 6.51. The van der Waals surface area contributed by atoms with Gasteiger partial charge in [0.15, 0.2) is 0 Å². The molecule has 0 radical (unpaired) electrons. The van der Waals surface area contributed by atoms with Crippen LogP contribution >= 0.6 is 31.9 Å². The van der Waals surface area contributed by atoms with Crippen LogP contribution in [0.4, 0.5) is 5.69 Å². The molecule has 0 aliphatic heterocycles. The summed E-state index contributed by atoms with van der Waals surface area (Å²) < 4.78 is 28.4. The highest BCUT2D eigenvalue weighted by Crippen LogP contribution is 2.27. The van der Waals surface area contributed by atoms with Gasteiger partial charge in [0.2, 0.25) is 0 Å². The average Bonchev–Trinajstić information content (AvgIpc) is 2.35. The number of benzene rings is 1. The molecule has 1 aromatic heterocycles. The molecule has 7 heteroatoms. The van der Waals surface area contributed by atoms with Crippen molar-refractivity contribution in [2.75, 3.05) is 4.72 Å². The van der Waals surface area contributed by atoms with Gasteiger partial charge in [-0.15, -0.1) is 0 Å². The minimum absolute atomic E-state index is 0.171. The Labute approximate surface area is 128 Å². The van der Waals surface area contributed by atoms with Gasteiger partial charge in [-0.25, -0.2) is 8.42 Å². The van der Waals surface area contributed by atoms with Crippen molar-refractivity contribution in [1.29, 1.82) is 0 Å². The van der Waals surface area contributed by atoms with Gasteiger partial charge >= 0.3 is 0 Å². The molecule has 1 aromatic carbocycles. The first-order valence-corrected chi connectivity index (χ1v) is 8.35. The normalized spacial score (nSPS) is 11.3.